The summed E-state index contributed by atoms with van der Waals surface area (Å²) in [6, 6.07) is 0. The van der Waals surface area contributed by atoms with Gasteiger partial charge in [0, 0.05) is 19.6 Å². The minimum atomic E-state index is -3.60. The van der Waals surface area contributed by atoms with Crippen molar-refractivity contribution >= 4 is 13.5 Å². The van der Waals surface area contributed by atoms with Gasteiger partial charge in [-0.2, -0.15) is 0 Å². The van der Waals surface area contributed by atoms with Crippen LogP contribution in [0, 0.1) is 0 Å². The lowest BCUT2D eigenvalue weighted by Crippen LogP contribution is -2.30. The van der Waals surface area contributed by atoms with Gasteiger partial charge in [0.05, 0.1) is 24.5 Å². The molecule has 9 nitrogen and oxygen atoms in total. The molecule has 1 aliphatic heterocycles. The van der Waals surface area contributed by atoms with E-state index >= 15 is 0 Å². The summed E-state index contributed by atoms with van der Waals surface area (Å²) in [5.74, 6) is -1.24. The molecule has 1 aliphatic rings. The SMILES string of the molecule is CCOP(=O)(OCC)C(O)CN1Cc2nc(N)[nH]c(=O)c2C1. The van der Waals surface area contributed by atoms with E-state index in [9.17, 15) is 14.5 Å². The second-order valence-electron chi connectivity index (χ2n) is 4.90. The van der Waals surface area contributed by atoms with E-state index in [1.54, 1.807) is 18.7 Å². The lowest BCUT2D eigenvalue weighted by molar-refractivity contribution is 0.114. The molecule has 0 amide bonds. The van der Waals surface area contributed by atoms with Gasteiger partial charge in [-0.05, 0) is 13.8 Å². The van der Waals surface area contributed by atoms with Gasteiger partial charge in [-0.1, -0.05) is 0 Å². The average molecular weight is 332 g/mol. The van der Waals surface area contributed by atoms with Gasteiger partial charge >= 0.3 is 7.60 Å². The van der Waals surface area contributed by atoms with E-state index in [1.807, 2.05) is 0 Å². The minimum absolute atomic E-state index is 0.0486. The summed E-state index contributed by atoms with van der Waals surface area (Å²) < 4.78 is 22.7. The first-order chi connectivity index (χ1) is 10.4. The summed E-state index contributed by atoms with van der Waals surface area (Å²) in [5.41, 5.74) is 6.28. The maximum Gasteiger partial charge on any atom is 0.360 e. The molecule has 10 heteroatoms. The summed E-state index contributed by atoms with van der Waals surface area (Å²) in [7, 11) is -3.60. The standard InChI is InChI=1S/C12H21N4O5P/c1-3-20-22(19,21-4-2)10(17)7-16-5-8-9(6-16)14-12(13)15-11(8)18/h10,17H,3-7H2,1-2H3,(H3,13,14,15,18). The number of nitrogens with zero attached hydrogens (tertiary/aromatic N) is 2. The number of nitrogens with two attached hydrogens (primary N) is 1. The zero-order valence-electron chi connectivity index (χ0n) is 12.6. The molecule has 0 radical (unpaired) electrons. The number of hydrogen-bond donors (Lipinski definition) is 3. The van der Waals surface area contributed by atoms with Crippen molar-refractivity contribution in [3.63, 3.8) is 0 Å². The maximum absolute atomic E-state index is 12.5. The highest BCUT2D eigenvalue weighted by atomic mass is 31.2. The predicted molar refractivity (Wildman–Crippen MR) is 80.2 cm³/mol. The molecular formula is C12H21N4O5P. The van der Waals surface area contributed by atoms with Crippen molar-refractivity contribution in [3.8, 4) is 0 Å². The fourth-order valence-electron chi connectivity index (χ4n) is 2.38. The van der Waals surface area contributed by atoms with Gasteiger partial charge in [0.2, 0.25) is 5.95 Å². The Labute approximate surface area is 128 Å². The molecule has 0 bridgehead atoms. The van der Waals surface area contributed by atoms with Crippen LogP contribution < -0.4 is 11.3 Å². The first-order valence-corrected chi connectivity index (χ1v) is 8.67. The zero-order chi connectivity index (χ0) is 16.3. The number of nitrogens with one attached hydrogen (secondary N) is 1. The van der Waals surface area contributed by atoms with E-state index < -0.39 is 13.4 Å². The van der Waals surface area contributed by atoms with E-state index in [1.165, 1.54) is 0 Å². The Bertz CT molecular complexity index is 624. The highest BCUT2D eigenvalue weighted by Gasteiger charge is 2.37. The first kappa shape index (κ1) is 17.1. The van der Waals surface area contributed by atoms with Crippen LogP contribution in [0.4, 0.5) is 5.95 Å². The number of rotatable bonds is 7. The first-order valence-electron chi connectivity index (χ1n) is 7.06. The highest BCUT2D eigenvalue weighted by molar-refractivity contribution is 7.54. The van der Waals surface area contributed by atoms with Crippen LogP contribution in [0.15, 0.2) is 4.79 Å². The van der Waals surface area contributed by atoms with Crippen LogP contribution in [0.5, 0.6) is 0 Å². The normalized spacial score (nSPS) is 16.7. The van der Waals surface area contributed by atoms with Crippen molar-refractivity contribution in [1.29, 1.82) is 0 Å². The number of aliphatic hydroxyl groups is 1. The zero-order valence-corrected chi connectivity index (χ0v) is 13.5. The quantitative estimate of drug-likeness (QED) is 0.606. The molecule has 124 valence electrons. The van der Waals surface area contributed by atoms with Gasteiger partial charge in [0.15, 0.2) is 5.85 Å². The Balaban J connectivity index is 2.08. The molecule has 22 heavy (non-hydrogen) atoms. The van der Waals surface area contributed by atoms with Crippen molar-refractivity contribution in [3.05, 3.63) is 21.6 Å². The molecule has 2 heterocycles. The van der Waals surface area contributed by atoms with Crippen LogP contribution in [0.2, 0.25) is 0 Å². The third-order valence-corrected chi connectivity index (χ3v) is 5.41. The summed E-state index contributed by atoms with van der Waals surface area (Å²) in [5, 5.41) is 10.2. The Morgan fingerprint density at radius 3 is 2.64 bits per heavy atom. The van der Waals surface area contributed by atoms with Crippen molar-refractivity contribution in [1.82, 2.24) is 14.9 Å². The van der Waals surface area contributed by atoms with Gasteiger partial charge in [-0.25, -0.2) is 4.98 Å². The van der Waals surface area contributed by atoms with E-state index in [-0.39, 0.29) is 31.3 Å². The van der Waals surface area contributed by atoms with Crippen molar-refractivity contribution < 1.29 is 18.7 Å². The van der Waals surface area contributed by atoms with Crippen LogP contribution >= 0.6 is 7.60 Å². The molecular weight excluding hydrogens is 311 g/mol. The number of β-amino-alcohol motifs (C(OH)–C–C–N with tert-alkyl or cyclic N) is 1. The molecule has 0 fully saturated rings. The van der Waals surface area contributed by atoms with Gasteiger partial charge in [-0.3, -0.25) is 19.2 Å². The topological polar surface area (TPSA) is 131 Å². The molecule has 0 spiro atoms. The molecule has 1 aromatic heterocycles. The summed E-state index contributed by atoms with van der Waals surface area (Å²) >= 11 is 0. The molecule has 1 unspecified atom stereocenters. The molecule has 0 saturated heterocycles. The Morgan fingerprint density at radius 1 is 1.41 bits per heavy atom. The molecule has 4 N–H and O–H groups in total. The summed E-state index contributed by atoms with van der Waals surface area (Å²) in [6.45, 7) is 4.39. The number of anilines is 1. The molecule has 0 aliphatic carbocycles. The molecule has 1 atom stereocenters. The third kappa shape index (κ3) is 3.56. The van der Waals surface area contributed by atoms with Crippen LogP contribution in [-0.4, -0.2) is 45.6 Å². The predicted octanol–water partition coefficient (Wildman–Crippen LogP) is 0.252. The second kappa shape index (κ2) is 6.89. The summed E-state index contributed by atoms with van der Waals surface area (Å²) in [4.78, 5) is 20.1. The van der Waals surface area contributed by atoms with Crippen LogP contribution in [0.1, 0.15) is 25.1 Å². The third-order valence-electron chi connectivity index (χ3n) is 3.28. The number of aromatic nitrogens is 2. The number of nitrogen functional groups attached to an aromatic ring is 1. The Morgan fingerprint density at radius 2 is 2.05 bits per heavy atom. The summed E-state index contributed by atoms with van der Waals surface area (Å²) in [6.07, 6.45) is 0. The van der Waals surface area contributed by atoms with Gasteiger partial charge < -0.3 is 19.9 Å². The van der Waals surface area contributed by atoms with Gasteiger partial charge in [-0.15, -0.1) is 0 Å². The fraction of sp³-hybridized carbons (Fsp3) is 0.667. The molecule has 0 saturated carbocycles. The van der Waals surface area contributed by atoms with Crippen molar-refractivity contribution in [2.75, 3.05) is 25.5 Å². The monoisotopic (exact) mass is 332 g/mol. The van der Waals surface area contributed by atoms with Crippen molar-refractivity contribution in [2.24, 2.45) is 0 Å². The number of aliphatic hydroxyl groups excluding tert-OH is 1. The Hall–Kier alpha value is -1.25. The largest absolute Gasteiger partial charge is 0.379 e. The minimum Gasteiger partial charge on any atom is -0.379 e. The van der Waals surface area contributed by atoms with Gasteiger partial charge in [0.25, 0.3) is 5.56 Å². The second-order valence-corrected chi connectivity index (χ2v) is 7.09. The van der Waals surface area contributed by atoms with Gasteiger partial charge in [0.1, 0.15) is 0 Å². The molecule has 0 aromatic carbocycles. The molecule has 1 aromatic rings. The molecule has 2 rings (SSSR count). The lowest BCUT2D eigenvalue weighted by atomic mass is 10.3. The smallest absolute Gasteiger partial charge is 0.360 e. The lowest BCUT2D eigenvalue weighted by Gasteiger charge is -2.25. The van der Waals surface area contributed by atoms with Crippen LogP contribution in [0.25, 0.3) is 0 Å². The fourth-order valence-corrected chi connectivity index (χ4v) is 3.95. The number of H-pyrrole nitrogens is 1. The Kier molecular flexibility index (Phi) is 5.36. The maximum atomic E-state index is 12.5. The highest BCUT2D eigenvalue weighted by Crippen LogP contribution is 2.52. The number of fused-ring (bicyclic) bond motifs is 1. The van der Waals surface area contributed by atoms with E-state index in [0.717, 1.165) is 0 Å². The van der Waals surface area contributed by atoms with E-state index in [4.69, 9.17) is 14.8 Å². The van der Waals surface area contributed by atoms with Crippen LogP contribution in [-0.2, 0) is 26.7 Å². The number of aromatic amines is 1. The van der Waals surface area contributed by atoms with E-state index in [2.05, 4.69) is 9.97 Å². The van der Waals surface area contributed by atoms with Crippen molar-refractivity contribution in [2.45, 2.75) is 32.8 Å². The van der Waals surface area contributed by atoms with E-state index in [0.29, 0.717) is 24.3 Å². The van der Waals surface area contributed by atoms with Crippen LogP contribution in [0.3, 0.4) is 0 Å². The average Bonchev–Trinajstić information content (AvgIpc) is 2.82. The number of hydrogen-bond acceptors (Lipinski definition) is 8.